The van der Waals surface area contributed by atoms with Gasteiger partial charge in [-0.1, -0.05) is 15.9 Å². The quantitative estimate of drug-likeness (QED) is 0.854. The van der Waals surface area contributed by atoms with Crippen LogP contribution in [0.4, 0.5) is 0 Å². The molecule has 6 heteroatoms. The van der Waals surface area contributed by atoms with Crippen molar-refractivity contribution >= 4 is 26.0 Å². The molecule has 0 aliphatic carbocycles. The van der Waals surface area contributed by atoms with Crippen molar-refractivity contribution in [3.63, 3.8) is 0 Å². The number of aromatic nitrogens is 2. The first kappa shape index (κ1) is 11.3. The Balaban J connectivity index is 2.57. The van der Waals surface area contributed by atoms with Crippen molar-refractivity contribution in [2.75, 3.05) is 0 Å². The maximum absolute atomic E-state index is 12.1. The molecule has 0 fully saturated rings. The highest BCUT2D eigenvalue weighted by Crippen LogP contribution is 2.21. The molecule has 16 heavy (non-hydrogen) atoms. The second kappa shape index (κ2) is 4.03. The zero-order valence-electron chi connectivity index (χ0n) is 8.46. The summed E-state index contributed by atoms with van der Waals surface area (Å²) in [5.41, 5.74) is 0.876. The Morgan fingerprint density at radius 3 is 2.69 bits per heavy atom. The monoisotopic (exact) mass is 300 g/mol. The van der Waals surface area contributed by atoms with E-state index >= 15 is 0 Å². The fraction of sp³-hybridized carbons (Fsp3) is 0.100. The summed E-state index contributed by atoms with van der Waals surface area (Å²) in [6.07, 6.45) is 4.11. The minimum absolute atomic E-state index is 0.256. The van der Waals surface area contributed by atoms with Crippen LogP contribution in [-0.2, 0) is 10.0 Å². The normalized spacial score (nSPS) is 11.6. The first-order valence-corrected chi connectivity index (χ1v) is 6.75. The van der Waals surface area contributed by atoms with Gasteiger partial charge in [-0.3, -0.25) is 0 Å². The third-order valence-electron chi connectivity index (χ3n) is 2.18. The van der Waals surface area contributed by atoms with Gasteiger partial charge < -0.3 is 0 Å². The van der Waals surface area contributed by atoms with Crippen LogP contribution in [0.1, 0.15) is 5.56 Å². The van der Waals surface area contributed by atoms with Crippen LogP contribution < -0.4 is 0 Å². The minimum atomic E-state index is -3.50. The molecule has 0 aliphatic rings. The summed E-state index contributed by atoms with van der Waals surface area (Å²) >= 11 is 3.33. The number of benzene rings is 1. The predicted octanol–water partition coefficient (Wildman–Crippen LogP) is 2.19. The maximum Gasteiger partial charge on any atom is 0.268 e. The summed E-state index contributed by atoms with van der Waals surface area (Å²) in [5, 5.41) is 0. The Morgan fingerprint density at radius 1 is 1.38 bits per heavy atom. The Labute approximate surface area is 102 Å². The second-order valence-corrected chi connectivity index (χ2v) is 6.01. The fourth-order valence-electron chi connectivity index (χ4n) is 1.29. The molecule has 2 aromatic rings. The van der Waals surface area contributed by atoms with Crippen LogP contribution in [0.15, 0.2) is 46.3 Å². The third kappa shape index (κ3) is 1.90. The van der Waals surface area contributed by atoms with E-state index in [9.17, 15) is 8.42 Å². The topological polar surface area (TPSA) is 52.0 Å². The molecule has 0 N–H and O–H groups in total. The van der Waals surface area contributed by atoms with Gasteiger partial charge in [0.15, 0.2) is 0 Å². The van der Waals surface area contributed by atoms with Crippen molar-refractivity contribution < 1.29 is 8.42 Å². The smallest absolute Gasteiger partial charge is 0.244 e. The molecule has 4 nitrogen and oxygen atoms in total. The number of hydrogen-bond acceptors (Lipinski definition) is 3. The number of halogens is 1. The van der Waals surface area contributed by atoms with E-state index in [2.05, 4.69) is 20.9 Å². The van der Waals surface area contributed by atoms with E-state index in [0.717, 1.165) is 14.0 Å². The summed E-state index contributed by atoms with van der Waals surface area (Å²) in [5.74, 6) is 0. The fourth-order valence-corrected chi connectivity index (χ4v) is 2.74. The highest BCUT2D eigenvalue weighted by atomic mass is 79.9. The number of nitrogens with zero attached hydrogens (tertiary/aromatic N) is 2. The lowest BCUT2D eigenvalue weighted by Crippen LogP contribution is -2.11. The van der Waals surface area contributed by atoms with Crippen molar-refractivity contribution in [2.24, 2.45) is 0 Å². The molecule has 0 radical (unpaired) electrons. The van der Waals surface area contributed by atoms with Gasteiger partial charge in [0.05, 0.1) is 4.90 Å². The molecule has 1 aromatic heterocycles. The van der Waals surface area contributed by atoms with E-state index in [4.69, 9.17) is 0 Å². The molecule has 1 aromatic carbocycles. The van der Waals surface area contributed by atoms with Gasteiger partial charge >= 0.3 is 0 Å². The lowest BCUT2D eigenvalue weighted by molar-refractivity contribution is 0.587. The maximum atomic E-state index is 12.1. The van der Waals surface area contributed by atoms with Crippen LogP contribution in [0.25, 0.3) is 0 Å². The number of rotatable bonds is 2. The largest absolute Gasteiger partial charge is 0.268 e. The van der Waals surface area contributed by atoms with Gasteiger partial charge in [0, 0.05) is 16.9 Å². The van der Waals surface area contributed by atoms with Crippen LogP contribution in [0.5, 0.6) is 0 Å². The van der Waals surface area contributed by atoms with Gasteiger partial charge in [-0.25, -0.2) is 17.4 Å². The molecule has 0 saturated carbocycles. The minimum Gasteiger partial charge on any atom is -0.244 e. The van der Waals surface area contributed by atoms with E-state index in [1.54, 1.807) is 18.2 Å². The third-order valence-corrected chi connectivity index (χ3v) is 4.70. The van der Waals surface area contributed by atoms with Crippen LogP contribution >= 0.6 is 15.9 Å². The highest BCUT2D eigenvalue weighted by Gasteiger charge is 2.16. The molecule has 0 amide bonds. The van der Waals surface area contributed by atoms with Crippen LogP contribution in [-0.4, -0.2) is 17.4 Å². The first-order valence-electron chi connectivity index (χ1n) is 4.51. The average molecular weight is 301 g/mol. The van der Waals surface area contributed by atoms with Gasteiger partial charge in [-0.05, 0) is 30.7 Å². The lowest BCUT2D eigenvalue weighted by Gasteiger charge is -2.06. The Bertz CT molecular complexity index is 606. The number of hydrogen-bond donors (Lipinski definition) is 0. The van der Waals surface area contributed by atoms with Gasteiger partial charge in [-0.15, -0.1) is 0 Å². The zero-order valence-corrected chi connectivity index (χ0v) is 10.9. The zero-order chi connectivity index (χ0) is 11.8. The van der Waals surface area contributed by atoms with E-state index in [0.29, 0.717) is 0 Å². The second-order valence-electron chi connectivity index (χ2n) is 3.31. The average Bonchev–Trinajstić information content (AvgIpc) is 2.75. The highest BCUT2D eigenvalue weighted by molar-refractivity contribution is 9.10. The van der Waals surface area contributed by atoms with Crippen LogP contribution in [0, 0.1) is 6.92 Å². The SMILES string of the molecule is Cc1cc(S(=O)(=O)n2ccnc2)ccc1Br. The number of imidazole rings is 1. The Kier molecular flexibility index (Phi) is 2.86. The molecule has 84 valence electrons. The van der Waals surface area contributed by atoms with E-state index < -0.39 is 10.0 Å². The summed E-state index contributed by atoms with van der Waals surface area (Å²) in [6.45, 7) is 1.84. The van der Waals surface area contributed by atoms with Crippen molar-refractivity contribution in [1.82, 2.24) is 8.96 Å². The lowest BCUT2D eigenvalue weighted by atomic mass is 10.2. The van der Waals surface area contributed by atoms with Gasteiger partial charge in [-0.2, -0.15) is 0 Å². The van der Waals surface area contributed by atoms with Crippen LogP contribution in [0.3, 0.4) is 0 Å². The van der Waals surface area contributed by atoms with E-state index in [1.807, 2.05) is 6.92 Å². The van der Waals surface area contributed by atoms with Crippen molar-refractivity contribution in [1.29, 1.82) is 0 Å². The van der Waals surface area contributed by atoms with Gasteiger partial charge in [0.25, 0.3) is 10.0 Å². The molecule has 0 unspecified atom stereocenters. The molecule has 0 saturated heterocycles. The van der Waals surface area contributed by atoms with E-state index in [-0.39, 0.29) is 4.90 Å². The molecule has 2 rings (SSSR count). The van der Waals surface area contributed by atoms with Gasteiger partial charge in [0.2, 0.25) is 0 Å². The Morgan fingerprint density at radius 2 is 2.12 bits per heavy atom. The van der Waals surface area contributed by atoms with Gasteiger partial charge in [0.1, 0.15) is 6.33 Å². The number of aryl methyl sites for hydroxylation is 1. The molecule has 0 spiro atoms. The predicted molar refractivity (Wildman–Crippen MR) is 63.7 cm³/mol. The van der Waals surface area contributed by atoms with Crippen molar-refractivity contribution in [3.8, 4) is 0 Å². The first-order chi connectivity index (χ1) is 7.51. The van der Waals surface area contributed by atoms with Crippen molar-refractivity contribution in [2.45, 2.75) is 11.8 Å². The standard InChI is InChI=1S/C10H9BrN2O2S/c1-8-6-9(2-3-10(8)11)16(14,15)13-5-4-12-7-13/h2-7H,1H3. The molecule has 1 heterocycles. The summed E-state index contributed by atoms with van der Waals surface area (Å²) < 4.78 is 26.1. The van der Waals surface area contributed by atoms with Crippen molar-refractivity contribution in [3.05, 3.63) is 47.0 Å². The summed E-state index contributed by atoms with van der Waals surface area (Å²) in [7, 11) is -3.50. The molecular formula is C10H9BrN2O2S. The molecule has 0 aliphatic heterocycles. The van der Waals surface area contributed by atoms with Crippen LogP contribution in [0.2, 0.25) is 0 Å². The molecule has 0 atom stereocenters. The summed E-state index contributed by atoms with van der Waals surface area (Å²) in [4.78, 5) is 3.98. The van der Waals surface area contributed by atoms with E-state index in [1.165, 1.54) is 18.7 Å². The molecule has 0 bridgehead atoms. The Hall–Kier alpha value is -1.14. The summed E-state index contributed by atoms with van der Waals surface area (Å²) in [6, 6.07) is 4.91. The molecular weight excluding hydrogens is 292 g/mol.